The van der Waals surface area contributed by atoms with Crippen LogP contribution in [0.25, 0.3) is 0 Å². The molecular weight excluding hydrogens is 815 g/mol. The minimum Gasteiger partial charge on any atom is -0.394 e. The SMILES string of the molecule is CC/C=C\C/C=C\C/C=C\C/C=C\C/C=C\CCCCCCCCCCCCCCCCCCCCCC(=O)NC(COC1OC(CO)C(O)C(O)C1O)C(O)/C=C/CC/C=C/CCC. The highest BCUT2D eigenvalue weighted by atomic mass is 16.7. The third-order valence-corrected chi connectivity index (χ3v) is 11.9. The lowest BCUT2D eigenvalue weighted by atomic mass is 9.99. The van der Waals surface area contributed by atoms with Gasteiger partial charge >= 0.3 is 0 Å². The smallest absolute Gasteiger partial charge is 0.220 e. The number of ether oxygens (including phenoxy) is 2. The van der Waals surface area contributed by atoms with Crippen molar-refractivity contribution in [2.45, 2.75) is 249 Å². The van der Waals surface area contributed by atoms with Crippen molar-refractivity contribution in [1.82, 2.24) is 5.32 Å². The van der Waals surface area contributed by atoms with Crippen LogP contribution in [0.3, 0.4) is 0 Å². The zero-order valence-electron chi connectivity index (χ0n) is 41.2. The Morgan fingerprint density at radius 3 is 1.46 bits per heavy atom. The summed E-state index contributed by atoms with van der Waals surface area (Å²) in [6.45, 7) is 3.52. The van der Waals surface area contributed by atoms with Crippen molar-refractivity contribution in [3.63, 3.8) is 0 Å². The predicted molar refractivity (Wildman–Crippen MR) is 271 cm³/mol. The van der Waals surface area contributed by atoms with Crippen molar-refractivity contribution in [2.24, 2.45) is 0 Å². The summed E-state index contributed by atoms with van der Waals surface area (Å²) >= 11 is 0. The van der Waals surface area contributed by atoms with Crippen LogP contribution in [0.4, 0.5) is 0 Å². The van der Waals surface area contributed by atoms with Crippen LogP contribution in [0.1, 0.15) is 206 Å². The van der Waals surface area contributed by atoms with Crippen molar-refractivity contribution in [3.05, 3.63) is 85.1 Å². The number of unbranched alkanes of at least 4 members (excludes halogenated alkanes) is 21. The Morgan fingerprint density at radius 1 is 0.538 bits per heavy atom. The Hall–Kier alpha value is -2.63. The van der Waals surface area contributed by atoms with E-state index in [0.29, 0.717) is 6.42 Å². The van der Waals surface area contributed by atoms with E-state index < -0.39 is 49.5 Å². The maximum atomic E-state index is 12.9. The number of aliphatic hydroxyl groups excluding tert-OH is 5. The largest absolute Gasteiger partial charge is 0.394 e. The maximum Gasteiger partial charge on any atom is 0.220 e. The van der Waals surface area contributed by atoms with Gasteiger partial charge in [-0.3, -0.25) is 4.79 Å². The molecule has 1 rings (SSSR count). The summed E-state index contributed by atoms with van der Waals surface area (Å²) in [6, 6.07) is -0.820. The van der Waals surface area contributed by atoms with Gasteiger partial charge in [-0.05, 0) is 70.6 Å². The molecule has 0 radical (unpaired) electrons. The number of amides is 1. The Morgan fingerprint density at radius 2 is 0.969 bits per heavy atom. The monoisotopic (exact) mass is 912 g/mol. The van der Waals surface area contributed by atoms with Crippen molar-refractivity contribution in [1.29, 1.82) is 0 Å². The van der Waals surface area contributed by atoms with E-state index >= 15 is 0 Å². The number of nitrogens with one attached hydrogen (secondary N) is 1. The van der Waals surface area contributed by atoms with E-state index in [0.717, 1.165) is 77.0 Å². The fourth-order valence-corrected chi connectivity index (χ4v) is 7.79. The van der Waals surface area contributed by atoms with Crippen LogP contribution in [0.15, 0.2) is 85.1 Å². The predicted octanol–water partition coefficient (Wildman–Crippen LogP) is 12.3. The van der Waals surface area contributed by atoms with Crippen LogP contribution >= 0.6 is 0 Å². The second kappa shape index (κ2) is 45.2. The highest BCUT2D eigenvalue weighted by Crippen LogP contribution is 2.23. The maximum absolute atomic E-state index is 12.9. The third kappa shape index (κ3) is 35.2. The number of rotatable bonds is 43. The molecule has 1 aliphatic heterocycles. The molecule has 1 saturated heterocycles. The van der Waals surface area contributed by atoms with E-state index in [-0.39, 0.29) is 12.5 Å². The molecule has 0 aromatic heterocycles. The van der Waals surface area contributed by atoms with Crippen LogP contribution in [0.5, 0.6) is 0 Å². The molecule has 9 nitrogen and oxygen atoms in total. The summed E-state index contributed by atoms with van der Waals surface area (Å²) in [6.07, 6.45) is 57.0. The topological polar surface area (TPSA) is 149 Å². The highest BCUT2D eigenvalue weighted by molar-refractivity contribution is 5.76. The first kappa shape index (κ1) is 60.4. The molecule has 1 fully saturated rings. The summed E-state index contributed by atoms with van der Waals surface area (Å²) in [7, 11) is 0. The van der Waals surface area contributed by atoms with Crippen LogP contribution in [-0.2, 0) is 14.3 Å². The molecule has 1 heterocycles. The number of allylic oxidation sites excluding steroid dienone is 13. The zero-order valence-corrected chi connectivity index (χ0v) is 41.2. The number of hydrogen-bond acceptors (Lipinski definition) is 8. The number of carbonyl (C=O) groups is 1. The van der Waals surface area contributed by atoms with E-state index in [1.54, 1.807) is 6.08 Å². The lowest BCUT2D eigenvalue weighted by molar-refractivity contribution is -0.302. The van der Waals surface area contributed by atoms with Crippen molar-refractivity contribution in [3.8, 4) is 0 Å². The van der Waals surface area contributed by atoms with Gasteiger partial charge in [-0.2, -0.15) is 0 Å². The molecule has 374 valence electrons. The van der Waals surface area contributed by atoms with E-state index in [2.05, 4.69) is 92.1 Å². The van der Waals surface area contributed by atoms with Crippen molar-refractivity contribution < 1.29 is 39.8 Å². The molecule has 65 heavy (non-hydrogen) atoms. The lowest BCUT2D eigenvalue weighted by Crippen LogP contribution is -2.60. The average molecular weight is 912 g/mol. The summed E-state index contributed by atoms with van der Waals surface area (Å²) in [5.74, 6) is -0.193. The second-order valence-corrected chi connectivity index (χ2v) is 17.9. The first-order valence-corrected chi connectivity index (χ1v) is 26.3. The van der Waals surface area contributed by atoms with Crippen molar-refractivity contribution in [2.75, 3.05) is 13.2 Å². The van der Waals surface area contributed by atoms with Gasteiger partial charge in [0.2, 0.25) is 5.91 Å². The van der Waals surface area contributed by atoms with E-state index in [1.807, 2.05) is 6.08 Å². The summed E-state index contributed by atoms with van der Waals surface area (Å²) in [4.78, 5) is 12.9. The van der Waals surface area contributed by atoms with E-state index in [1.165, 1.54) is 109 Å². The summed E-state index contributed by atoms with van der Waals surface area (Å²) in [5.41, 5.74) is 0. The van der Waals surface area contributed by atoms with E-state index in [4.69, 9.17) is 9.47 Å². The molecule has 0 saturated carbocycles. The molecule has 0 spiro atoms. The molecule has 9 heteroatoms. The van der Waals surface area contributed by atoms with Gasteiger partial charge in [0.1, 0.15) is 24.4 Å². The van der Waals surface area contributed by atoms with Crippen LogP contribution in [-0.4, -0.2) is 87.5 Å². The zero-order chi connectivity index (χ0) is 47.3. The molecule has 1 aliphatic rings. The first-order valence-electron chi connectivity index (χ1n) is 26.3. The standard InChI is InChI=1S/C56H97NO8/c1-3-5-7-9-11-12-13-14-15-16-17-18-19-20-21-22-23-24-25-26-27-28-29-30-31-32-33-34-35-36-37-38-40-42-44-46-52(60)57-49(50(59)45-43-41-39-10-8-6-4-2)48-64-56-55(63)54(62)53(61)51(47-58)65-56/h5,7-8,10-12,14-15,17-18,20-21,43,45,49-51,53-56,58-59,61-63H,3-4,6,9,13,16,19,22-42,44,46-48H2,1-2H3,(H,57,60)/b7-5-,10-8+,12-11-,15-14-,18-17-,21-20-,45-43+. The van der Waals surface area contributed by atoms with E-state index in [9.17, 15) is 30.3 Å². The van der Waals surface area contributed by atoms with Gasteiger partial charge < -0.3 is 40.3 Å². The molecule has 0 aromatic rings. The summed E-state index contributed by atoms with van der Waals surface area (Å²) < 4.78 is 11.1. The van der Waals surface area contributed by atoms with Crippen LogP contribution in [0.2, 0.25) is 0 Å². The third-order valence-electron chi connectivity index (χ3n) is 11.9. The second-order valence-electron chi connectivity index (χ2n) is 17.9. The molecular formula is C56H97NO8. The van der Waals surface area contributed by atoms with Crippen LogP contribution in [0, 0.1) is 0 Å². The minimum absolute atomic E-state index is 0.193. The Kier molecular flexibility index (Phi) is 42.0. The highest BCUT2D eigenvalue weighted by Gasteiger charge is 2.44. The molecule has 0 bridgehead atoms. The fraction of sp³-hybridized carbons (Fsp3) is 0.732. The first-order chi connectivity index (χ1) is 31.8. The molecule has 0 aliphatic carbocycles. The normalized spacial score (nSPS) is 20.6. The van der Waals surface area contributed by atoms with Gasteiger partial charge in [0.15, 0.2) is 6.29 Å². The fourth-order valence-electron chi connectivity index (χ4n) is 7.79. The van der Waals surface area contributed by atoms with Gasteiger partial charge in [-0.25, -0.2) is 0 Å². The van der Waals surface area contributed by atoms with Gasteiger partial charge in [0, 0.05) is 6.42 Å². The summed E-state index contributed by atoms with van der Waals surface area (Å²) in [5, 5.41) is 53.9. The van der Waals surface area contributed by atoms with Gasteiger partial charge in [0.25, 0.3) is 0 Å². The Bertz CT molecular complexity index is 1290. The molecule has 7 unspecified atom stereocenters. The quantitative estimate of drug-likeness (QED) is 0.0262. The van der Waals surface area contributed by atoms with Crippen molar-refractivity contribution >= 4 is 5.91 Å². The van der Waals surface area contributed by atoms with Crippen LogP contribution < -0.4 is 5.32 Å². The van der Waals surface area contributed by atoms with Gasteiger partial charge in [-0.1, -0.05) is 214 Å². The Labute approximate surface area is 397 Å². The molecule has 0 aromatic carbocycles. The average Bonchev–Trinajstić information content (AvgIpc) is 3.31. The molecule has 1 amide bonds. The number of carbonyl (C=O) groups excluding carboxylic acids is 1. The number of aliphatic hydroxyl groups is 5. The molecule has 6 N–H and O–H groups in total. The molecule has 7 atom stereocenters. The van der Waals surface area contributed by atoms with Gasteiger partial charge in [0.05, 0.1) is 25.4 Å². The van der Waals surface area contributed by atoms with Gasteiger partial charge in [-0.15, -0.1) is 0 Å². The minimum atomic E-state index is -1.57. The number of hydrogen-bond donors (Lipinski definition) is 6. The Balaban J connectivity index is 2.04. The lowest BCUT2D eigenvalue weighted by Gasteiger charge is -2.40.